The first-order valence-corrected chi connectivity index (χ1v) is 12.3. The SMILES string of the molecule is CC1([C@H]2CC[C@H]3[C@@H]4CC=C5CC6(CC[C@]5(C)[C@H]4[C@@H](O)C[C@]23C=O)OCCO6)OCCO1. The lowest BCUT2D eigenvalue weighted by Crippen LogP contribution is -2.60. The smallest absolute Gasteiger partial charge is 0.172 e. The van der Waals surface area contributed by atoms with Gasteiger partial charge in [-0.15, -0.1) is 0 Å². The van der Waals surface area contributed by atoms with E-state index < -0.39 is 23.1 Å². The maximum absolute atomic E-state index is 12.8. The minimum atomic E-state index is -0.712. The Balaban J connectivity index is 1.35. The molecule has 6 nitrogen and oxygen atoms in total. The van der Waals surface area contributed by atoms with Crippen molar-refractivity contribution in [3.63, 3.8) is 0 Å². The number of allylic oxidation sites excluding steroid dienone is 1. The van der Waals surface area contributed by atoms with Gasteiger partial charge in [0.15, 0.2) is 11.6 Å². The molecule has 2 saturated heterocycles. The van der Waals surface area contributed by atoms with Crippen molar-refractivity contribution in [3.8, 4) is 0 Å². The van der Waals surface area contributed by atoms with Crippen LogP contribution in [0.15, 0.2) is 11.6 Å². The van der Waals surface area contributed by atoms with Gasteiger partial charge < -0.3 is 28.8 Å². The molecule has 6 aliphatic rings. The maximum Gasteiger partial charge on any atom is 0.172 e. The fourth-order valence-corrected chi connectivity index (χ4v) is 8.88. The van der Waals surface area contributed by atoms with Crippen molar-refractivity contribution in [3.05, 3.63) is 11.6 Å². The Labute approximate surface area is 184 Å². The molecule has 1 spiro atoms. The number of carbonyl (C=O) groups is 1. The summed E-state index contributed by atoms with van der Waals surface area (Å²) in [6.45, 7) is 6.85. The Bertz CT molecular complexity index is 781. The van der Waals surface area contributed by atoms with Crippen LogP contribution >= 0.6 is 0 Å². The van der Waals surface area contributed by atoms with Crippen molar-refractivity contribution >= 4 is 6.29 Å². The highest BCUT2D eigenvalue weighted by atomic mass is 16.7. The predicted molar refractivity (Wildman–Crippen MR) is 112 cm³/mol. The number of aliphatic hydroxyl groups is 1. The van der Waals surface area contributed by atoms with Gasteiger partial charge in [0.05, 0.1) is 32.5 Å². The van der Waals surface area contributed by atoms with Crippen LogP contribution in [0.25, 0.3) is 0 Å². The molecule has 4 aliphatic carbocycles. The molecule has 0 bridgehead atoms. The Morgan fingerprint density at radius 3 is 2.45 bits per heavy atom. The van der Waals surface area contributed by atoms with Gasteiger partial charge in [-0.3, -0.25) is 0 Å². The van der Waals surface area contributed by atoms with E-state index in [-0.39, 0.29) is 23.2 Å². The second-order valence-electron chi connectivity index (χ2n) is 11.3. The van der Waals surface area contributed by atoms with Gasteiger partial charge in [-0.05, 0) is 62.2 Å². The Hall–Kier alpha value is -0.790. The first-order chi connectivity index (χ1) is 14.9. The van der Waals surface area contributed by atoms with Gasteiger partial charge in [0, 0.05) is 24.2 Å². The molecule has 0 aromatic carbocycles. The molecule has 31 heavy (non-hydrogen) atoms. The van der Waals surface area contributed by atoms with E-state index >= 15 is 0 Å². The maximum atomic E-state index is 12.8. The van der Waals surface area contributed by atoms with Crippen molar-refractivity contribution in [2.75, 3.05) is 26.4 Å². The molecule has 5 fully saturated rings. The normalized spacial score (nSPS) is 49.9. The predicted octanol–water partition coefficient (Wildman–Crippen LogP) is 3.22. The van der Waals surface area contributed by atoms with Gasteiger partial charge in [-0.2, -0.15) is 0 Å². The average molecular weight is 433 g/mol. The third-order valence-electron chi connectivity index (χ3n) is 10.2. The van der Waals surface area contributed by atoms with E-state index in [0.717, 1.165) is 38.5 Å². The molecule has 6 heteroatoms. The zero-order valence-electron chi connectivity index (χ0n) is 18.8. The number of carbonyl (C=O) groups excluding carboxylic acids is 1. The molecule has 7 atom stereocenters. The lowest BCUT2D eigenvalue weighted by atomic mass is 9.46. The summed E-state index contributed by atoms with van der Waals surface area (Å²) in [5, 5.41) is 11.6. The van der Waals surface area contributed by atoms with E-state index in [1.165, 1.54) is 11.9 Å². The van der Waals surface area contributed by atoms with E-state index in [0.29, 0.717) is 38.8 Å². The van der Waals surface area contributed by atoms with Crippen molar-refractivity contribution in [1.82, 2.24) is 0 Å². The summed E-state index contributed by atoms with van der Waals surface area (Å²) in [6, 6.07) is 0. The Morgan fingerprint density at radius 1 is 1.03 bits per heavy atom. The molecule has 6 rings (SSSR count). The van der Waals surface area contributed by atoms with E-state index in [1.807, 2.05) is 6.92 Å². The molecule has 0 unspecified atom stereocenters. The monoisotopic (exact) mass is 432 g/mol. The minimum absolute atomic E-state index is 0.00805. The van der Waals surface area contributed by atoms with E-state index in [1.54, 1.807) is 0 Å². The van der Waals surface area contributed by atoms with Crippen LogP contribution in [0.1, 0.15) is 58.8 Å². The number of fused-ring (bicyclic) bond motifs is 5. The molecule has 2 aliphatic heterocycles. The standard InChI is InChI=1S/C25H36O6/c1-22-7-8-25(30-11-12-31-25)13-16(22)3-4-17-18-5-6-20(23(2)28-9-10-29-23)24(18,15-26)14-19(27)21(17)22/h3,15,17-21,27H,4-14H2,1-2H3/t17-,18-,19-,20+,21+,22-,24+/m0/s1. The zero-order chi connectivity index (χ0) is 21.5. The van der Waals surface area contributed by atoms with Crippen LogP contribution in [-0.2, 0) is 23.7 Å². The Morgan fingerprint density at radius 2 is 1.74 bits per heavy atom. The fourth-order valence-electron chi connectivity index (χ4n) is 8.88. The van der Waals surface area contributed by atoms with Gasteiger partial charge in [-0.25, -0.2) is 0 Å². The molecule has 1 N–H and O–H groups in total. The molecule has 172 valence electrons. The first kappa shape index (κ1) is 20.8. The number of aldehydes is 1. The van der Waals surface area contributed by atoms with Crippen molar-refractivity contribution in [2.24, 2.45) is 34.5 Å². The van der Waals surface area contributed by atoms with E-state index in [2.05, 4.69) is 13.0 Å². The van der Waals surface area contributed by atoms with Crippen molar-refractivity contribution in [1.29, 1.82) is 0 Å². The summed E-state index contributed by atoms with van der Waals surface area (Å²) in [4.78, 5) is 12.8. The number of hydrogen-bond acceptors (Lipinski definition) is 6. The second-order valence-corrected chi connectivity index (χ2v) is 11.3. The van der Waals surface area contributed by atoms with Gasteiger partial charge in [0.2, 0.25) is 0 Å². The number of hydrogen-bond donors (Lipinski definition) is 1. The van der Waals surface area contributed by atoms with E-state index in [9.17, 15) is 9.90 Å². The third-order valence-corrected chi connectivity index (χ3v) is 10.2. The average Bonchev–Trinajstić information content (AvgIpc) is 3.48. The molecular formula is C25H36O6. The van der Waals surface area contributed by atoms with E-state index in [4.69, 9.17) is 18.9 Å². The molecule has 0 aromatic heterocycles. The Kier molecular flexibility index (Phi) is 4.60. The van der Waals surface area contributed by atoms with Crippen LogP contribution in [0.3, 0.4) is 0 Å². The van der Waals surface area contributed by atoms with Crippen molar-refractivity contribution < 1.29 is 28.8 Å². The van der Waals surface area contributed by atoms with Gasteiger partial charge in [0.1, 0.15) is 6.29 Å². The van der Waals surface area contributed by atoms with Crippen molar-refractivity contribution in [2.45, 2.75) is 76.5 Å². The number of rotatable bonds is 2. The van der Waals surface area contributed by atoms with Crippen LogP contribution in [0.4, 0.5) is 0 Å². The van der Waals surface area contributed by atoms with Gasteiger partial charge >= 0.3 is 0 Å². The second kappa shape index (κ2) is 6.86. The molecule has 0 amide bonds. The highest BCUT2D eigenvalue weighted by Gasteiger charge is 2.67. The van der Waals surface area contributed by atoms with Crippen LogP contribution < -0.4 is 0 Å². The first-order valence-electron chi connectivity index (χ1n) is 12.3. The molecule has 0 aromatic rings. The number of aliphatic hydroxyl groups excluding tert-OH is 1. The summed E-state index contributed by atoms with van der Waals surface area (Å²) in [6.07, 6.45) is 9.11. The summed E-state index contributed by atoms with van der Waals surface area (Å²) in [7, 11) is 0. The number of ether oxygens (including phenoxy) is 4. The van der Waals surface area contributed by atoms with Gasteiger partial charge in [-0.1, -0.05) is 18.6 Å². The lowest BCUT2D eigenvalue weighted by Gasteiger charge is -2.60. The largest absolute Gasteiger partial charge is 0.393 e. The third kappa shape index (κ3) is 2.72. The molecule has 0 radical (unpaired) electrons. The molecular weight excluding hydrogens is 396 g/mol. The molecule has 2 heterocycles. The lowest BCUT2D eigenvalue weighted by molar-refractivity contribution is -0.225. The zero-order valence-corrected chi connectivity index (χ0v) is 18.8. The van der Waals surface area contributed by atoms with Gasteiger partial charge in [0.25, 0.3) is 0 Å². The summed E-state index contributed by atoms with van der Waals surface area (Å²) in [5.74, 6) is -0.380. The van der Waals surface area contributed by atoms with Crippen LogP contribution in [0.2, 0.25) is 0 Å². The summed E-state index contributed by atoms with van der Waals surface area (Å²) >= 11 is 0. The van der Waals surface area contributed by atoms with Crippen LogP contribution in [0, 0.1) is 34.5 Å². The quantitative estimate of drug-likeness (QED) is 0.534. The summed E-state index contributed by atoms with van der Waals surface area (Å²) < 4.78 is 24.1. The summed E-state index contributed by atoms with van der Waals surface area (Å²) in [5.41, 5.74) is 0.776. The highest BCUT2D eigenvalue weighted by Crippen LogP contribution is 2.68. The van der Waals surface area contributed by atoms with Crippen LogP contribution in [0.5, 0.6) is 0 Å². The topological polar surface area (TPSA) is 74.2 Å². The molecule has 3 saturated carbocycles. The fraction of sp³-hybridized carbons (Fsp3) is 0.880. The minimum Gasteiger partial charge on any atom is -0.393 e. The van der Waals surface area contributed by atoms with Crippen LogP contribution in [-0.4, -0.2) is 55.5 Å². The highest BCUT2D eigenvalue weighted by molar-refractivity contribution is 5.63.